The predicted octanol–water partition coefficient (Wildman–Crippen LogP) is 7.06. The van der Waals surface area contributed by atoms with Crippen molar-refractivity contribution in [2.45, 2.75) is 147 Å². The third-order valence-electron chi connectivity index (χ3n) is 5.76. The van der Waals surface area contributed by atoms with Crippen molar-refractivity contribution >= 4 is 10.1 Å². The van der Waals surface area contributed by atoms with Gasteiger partial charge in [-0.2, -0.15) is 8.42 Å². The lowest BCUT2D eigenvalue weighted by molar-refractivity contribution is 0.147. The molecule has 0 aliphatic rings. The second-order valence-corrected chi connectivity index (χ2v) is 10.2. The van der Waals surface area contributed by atoms with Crippen molar-refractivity contribution in [3.05, 3.63) is 0 Å². The average Bonchev–Trinajstić information content (AvgIpc) is 2.64. The van der Waals surface area contributed by atoms with Gasteiger partial charge in [-0.15, -0.1) is 0 Å². The van der Waals surface area contributed by atoms with Gasteiger partial charge in [0.25, 0.3) is 10.1 Å². The Bertz CT molecular complexity index is 422. The normalized spacial score (nSPS) is 14.3. The number of hydrogen-bond acceptors (Lipinski definition) is 3. The van der Waals surface area contributed by atoms with Gasteiger partial charge in [0, 0.05) is 0 Å². The van der Waals surface area contributed by atoms with Crippen LogP contribution in [-0.2, 0) is 10.1 Å². The maximum absolute atomic E-state index is 11.6. The van der Waals surface area contributed by atoms with Crippen LogP contribution in [0.4, 0.5) is 0 Å². The van der Waals surface area contributed by atoms with Gasteiger partial charge in [-0.25, -0.2) is 0 Å². The molecule has 2 atom stereocenters. The quantitative estimate of drug-likeness (QED) is 0.154. The fourth-order valence-corrected chi connectivity index (χ4v) is 4.76. The van der Waals surface area contributed by atoms with E-state index >= 15 is 0 Å². The molecule has 170 valence electrons. The van der Waals surface area contributed by atoms with Crippen molar-refractivity contribution in [1.29, 1.82) is 0 Å². The van der Waals surface area contributed by atoms with Crippen LogP contribution in [0.3, 0.4) is 0 Å². The minimum atomic E-state index is -3.93. The summed E-state index contributed by atoms with van der Waals surface area (Å²) in [5.41, 5.74) is 0. The van der Waals surface area contributed by atoms with Gasteiger partial charge in [-0.3, -0.25) is 4.55 Å². The maximum Gasteiger partial charge on any atom is 0.267 e. The molecule has 0 saturated carbocycles. The third kappa shape index (κ3) is 17.9. The summed E-state index contributed by atoms with van der Waals surface area (Å²) in [5, 5.41) is 9.33. The Labute approximate surface area is 175 Å². The highest BCUT2D eigenvalue weighted by molar-refractivity contribution is 7.86. The molecule has 0 aliphatic heterocycles. The highest BCUT2D eigenvalue weighted by atomic mass is 32.2. The number of unbranched alkanes of at least 4 members (excludes halogenated alkanes) is 12. The van der Waals surface area contributed by atoms with Crippen LogP contribution in [0.2, 0.25) is 0 Å². The van der Waals surface area contributed by atoms with Crippen molar-refractivity contribution in [1.82, 2.24) is 0 Å². The molecule has 0 aromatic heterocycles. The summed E-state index contributed by atoms with van der Waals surface area (Å²) >= 11 is 0. The third-order valence-corrected chi connectivity index (χ3v) is 7.07. The molecule has 0 aromatic rings. The Morgan fingerprint density at radius 3 is 1.32 bits per heavy atom. The molecule has 2 N–H and O–H groups in total. The van der Waals surface area contributed by atoms with Crippen molar-refractivity contribution in [2.75, 3.05) is 0 Å². The van der Waals surface area contributed by atoms with Gasteiger partial charge in [0.2, 0.25) is 0 Å². The van der Waals surface area contributed by atoms with Gasteiger partial charge in [-0.05, 0) is 25.7 Å². The summed E-state index contributed by atoms with van der Waals surface area (Å²) in [7, 11) is -3.93. The van der Waals surface area contributed by atoms with E-state index in [0.29, 0.717) is 12.8 Å². The van der Waals surface area contributed by atoms with Crippen molar-refractivity contribution < 1.29 is 18.1 Å². The van der Waals surface area contributed by atoms with E-state index < -0.39 is 15.4 Å². The van der Waals surface area contributed by atoms with E-state index in [1.165, 1.54) is 51.4 Å². The SMILES string of the molecule is CCCCCCCCCCC(CCCCCCC(O)CCCCC)S(=O)(=O)O. The molecule has 2 unspecified atom stereocenters. The highest BCUT2D eigenvalue weighted by Gasteiger charge is 2.21. The number of aliphatic hydroxyl groups excluding tert-OH is 1. The van der Waals surface area contributed by atoms with Crippen molar-refractivity contribution in [3.8, 4) is 0 Å². The van der Waals surface area contributed by atoms with E-state index in [0.717, 1.165) is 57.8 Å². The molecule has 0 aromatic carbocycles. The molecule has 4 nitrogen and oxygen atoms in total. The summed E-state index contributed by atoms with van der Waals surface area (Å²) < 4.78 is 32.7. The van der Waals surface area contributed by atoms with Gasteiger partial charge in [0.15, 0.2) is 0 Å². The molecule has 0 rings (SSSR count). The molecule has 0 heterocycles. The van der Waals surface area contributed by atoms with E-state index in [1.54, 1.807) is 0 Å². The lowest BCUT2D eigenvalue weighted by Gasteiger charge is -2.14. The van der Waals surface area contributed by atoms with Gasteiger partial charge in [-0.1, -0.05) is 110 Å². The Balaban J connectivity index is 3.76. The van der Waals surface area contributed by atoms with Crippen LogP contribution in [0.15, 0.2) is 0 Å². The zero-order chi connectivity index (χ0) is 21.1. The minimum absolute atomic E-state index is 0.181. The smallest absolute Gasteiger partial charge is 0.267 e. The van der Waals surface area contributed by atoms with Gasteiger partial charge >= 0.3 is 0 Å². The molecule has 0 spiro atoms. The van der Waals surface area contributed by atoms with E-state index in [2.05, 4.69) is 13.8 Å². The van der Waals surface area contributed by atoms with E-state index in [1.807, 2.05) is 0 Å². The van der Waals surface area contributed by atoms with E-state index in [9.17, 15) is 18.1 Å². The standard InChI is InChI=1S/C23H48O4S/c1-3-5-7-8-9-10-11-16-20-23(28(25,26)27)21-17-13-12-15-19-22(24)18-14-6-4-2/h22-24H,3-21H2,1-2H3,(H,25,26,27). The number of rotatable bonds is 21. The molecule has 28 heavy (non-hydrogen) atoms. The topological polar surface area (TPSA) is 74.6 Å². The van der Waals surface area contributed by atoms with Crippen LogP contribution in [0.5, 0.6) is 0 Å². The summed E-state index contributed by atoms with van der Waals surface area (Å²) in [6.07, 6.45) is 19.6. The van der Waals surface area contributed by atoms with Crippen LogP contribution in [0.1, 0.15) is 136 Å². The lowest BCUT2D eigenvalue weighted by Crippen LogP contribution is -2.20. The first-order valence-electron chi connectivity index (χ1n) is 12.1. The first-order chi connectivity index (χ1) is 13.4. The highest BCUT2D eigenvalue weighted by Crippen LogP contribution is 2.19. The Hall–Kier alpha value is -0.130. The number of hydrogen-bond donors (Lipinski definition) is 2. The van der Waals surface area contributed by atoms with E-state index in [-0.39, 0.29) is 6.10 Å². The molecular formula is C23H48O4S. The lowest BCUT2D eigenvalue weighted by atomic mass is 10.0. The van der Waals surface area contributed by atoms with Crippen LogP contribution in [0, 0.1) is 0 Å². The van der Waals surface area contributed by atoms with Crippen LogP contribution >= 0.6 is 0 Å². The second kappa shape index (κ2) is 18.9. The van der Waals surface area contributed by atoms with Crippen LogP contribution < -0.4 is 0 Å². The van der Waals surface area contributed by atoms with Crippen molar-refractivity contribution in [2.24, 2.45) is 0 Å². The molecule has 0 saturated heterocycles. The first kappa shape index (κ1) is 27.9. The largest absolute Gasteiger partial charge is 0.393 e. The second-order valence-electron chi connectivity index (χ2n) is 8.54. The van der Waals surface area contributed by atoms with Gasteiger partial charge in [0.05, 0.1) is 11.4 Å². The van der Waals surface area contributed by atoms with Crippen LogP contribution in [-0.4, -0.2) is 29.4 Å². The zero-order valence-electron chi connectivity index (χ0n) is 18.7. The Kier molecular flexibility index (Phi) is 18.8. The maximum atomic E-state index is 11.6. The summed E-state index contributed by atoms with van der Waals surface area (Å²) in [5.74, 6) is 0. The van der Waals surface area contributed by atoms with Gasteiger partial charge < -0.3 is 5.11 Å². The molecule has 0 radical (unpaired) electrons. The molecule has 0 bridgehead atoms. The molecule has 0 fully saturated rings. The number of aliphatic hydroxyl groups is 1. The first-order valence-corrected chi connectivity index (χ1v) is 13.6. The predicted molar refractivity (Wildman–Crippen MR) is 120 cm³/mol. The van der Waals surface area contributed by atoms with E-state index in [4.69, 9.17) is 0 Å². The summed E-state index contributed by atoms with van der Waals surface area (Å²) in [4.78, 5) is 0. The summed E-state index contributed by atoms with van der Waals surface area (Å²) in [6.45, 7) is 4.38. The van der Waals surface area contributed by atoms with Crippen molar-refractivity contribution in [3.63, 3.8) is 0 Å². The molecule has 0 amide bonds. The Morgan fingerprint density at radius 1 is 0.571 bits per heavy atom. The van der Waals surface area contributed by atoms with Gasteiger partial charge in [0.1, 0.15) is 0 Å². The fourth-order valence-electron chi connectivity index (χ4n) is 3.83. The Morgan fingerprint density at radius 2 is 0.893 bits per heavy atom. The zero-order valence-corrected chi connectivity index (χ0v) is 19.5. The molecular weight excluding hydrogens is 372 g/mol. The minimum Gasteiger partial charge on any atom is -0.393 e. The van der Waals surface area contributed by atoms with Crippen LogP contribution in [0.25, 0.3) is 0 Å². The molecule has 0 aliphatic carbocycles. The summed E-state index contributed by atoms with van der Waals surface area (Å²) in [6, 6.07) is 0. The molecule has 5 heteroatoms. The average molecular weight is 421 g/mol. The fraction of sp³-hybridized carbons (Fsp3) is 1.00. The monoisotopic (exact) mass is 420 g/mol.